The predicted molar refractivity (Wildman–Crippen MR) is 157 cm³/mol. The fraction of sp³-hybridized carbons (Fsp3) is 0.226. The molecule has 0 saturated carbocycles. The molecule has 224 valence electrons. The topological polar surface area (TPSA) is 155 Å². The molecule has 0 aromatic heterocycles. The quantitative estimate of drug-likeness (QED) is 0.204. The van der Waals surface area contributed by atoms with Gasteiger partial charge in [0.15, 0.2) is 11.5 Å². The molecule has 2 unspecified atom stereocenters. The van der Waals surface area contributed by atoms with Gasteiger partial charge in [0.1, 0.15) is 23.0 Å². The maximum Gasteiger partial charge on any atom is 0.310 e. The minimum atomic E-state index is -0.653. The molecule has 4 aromatic rings. The monoisotopic (exact) mass is 597 g/mol. The van der Waals surface area contributed by atoms with E-state index in [2.05, 4.69) is 14.7 Å². The van der Waals surface area contributed by atoms with Crippen molar-refractivity contribution in [2.45, 2.75) is 5.54 Å². The standard InChI is InChI=1S/C31H27N5O8/c37-29-13-25(9-11-27(29)35(39)40)43-23-5-1-20(2-6-23)31(22-15-32-17-33(16-22)19-34(31)18-32)21-3-7-24(8-4-21)44-26-10-12-28(36(41)42)30(38)14-26/h1-14,22,37-38H,15-19H2. The third-order valence-electron chi connectivity index (χ3n) is 8.54. The number of aromatic hydroxyl groups is 2. The molecule has 44 heavy (non-hydrogen) atoms. The first-order valence-electron chi connectivity index (χ1n) is 13.9. The number of phenolic OH excluding ortho intramolecular Hbond substituents is 2. The minimum absolute atomic E-state index is 0.274. The summed E-state index contributed by atoms with van der Waals surface area (Å²) in [4.78, 5) is 28.1. The second kappa shape index (κ2) is 10.5. The third-order valence-corrected chi connectivity index (χ3v) is 8.54. The van der Waals surface area contributed by atoms with Crippen molar-refractivity contribution < 1.29 is 29.5 Å². The zero-order valence-electron chi connectivity index (χ0n) is 23.3. The normalized spacial score (nSPS) is 22.8. The Morgan fingerprint density at radius 1 is 0.636 bits per heavy atom. The van der Waals surface area contributed by atoms with E-state index in [1.54, 1.807) is 0 Å². The number of ether oxygens (including phenoxy) is 2. The summed E-state index contributed by atoms with van der Waals surface area (Å²) in [5.41, 5.74) is 0.980. The Balaban J connectivity index is 1.19. The van der Waals surface area contributed by atoms with Gasteiger partial charge in [-0.2, -0.15) is 0 Å². The van der Waals surface area contributed by atoms with Crippen LogP contribution in [-0.4, -0.2) is 67.9 Å². The van der Waals surface area contributed by atoms with Crippen LogP contribution in [0.15, 0.2) is 84.9 Å². The Morgan fingerprint density at radius 2 is 1.05 bits per heavy atom. The first kappa shape index (κ1) is 27.6. The lowest BCUT2D eigenvalue weighted by molar-refractivity contribution is -0.386. The minimum Gasteiger partial charge on any atom is -0.502 e. The highest BCUT2D eigenvalue weighted by Gasteiger charge is 2.56. The van der Waals surface area contributed by atoms with Gasteiger partial charge >= 0.3 is 11.4 Å². The number of benzene rings is 4. The fourth-order valence-corrected chi connectivity index (χ4v) is 6.83. The van der Waals surface area contributed by atoms with Crippen LogP contribution in [0, 0.1) is 26.1 Å². The summed E-state index contributed by atoms with van der Waals surface area (Å²) in [6.07, 6.45) is 0. The lowest BCUT2D eigenvalue weighted by Crippen LogP contribution is -2.76. The molecule has 4 aliphatic heterocycles. The molecule has 0 radical (unpaired) electrons. The van der Waals surface area contributed by atoms with Crippen LogP contribution >= 0.6 is 0 Å². The highest BCUT2D eigenvalue weighted by Crippen LogP contribution is 2.50. The van der Waals surface area contributed by atoms with Crippen molar-refractivity contribution in [1.82, 2.24) is 14.7 Å². The van der Waals surface area contributed by atoms with E-state index >= 15 is 0 Å². The molecule has 4 heterocycles. The van der Waals surface area contributed by atoms with Crippen LogP contribution in [0.5, 0.6) is 34.5 Å². The molecule has 4 fully saturated rings. The van der Waals surface area contributed by atoms with Gasteiger partial charge in [0.25, 0.3) is 0 Å². The first-order chi connectivity index (χ1) is 21.2. The average molecular weight is 598 g/mol. The number of hydrogen-bond acceptors (Lipinski definition) is 11. The lowest BCUT2D eigenvalue weighted by Gasteiger charge is -2.65. The molecule has 0 aliphatic carbocycles. The number of nitro groups is 2. The summed E-state index contributed by atoms with van der Waals surface area (Å²) in [5, 5.41) is 42.1. The van der Waals surface area contributed by atoms with Crippen LogP contribution in [0.3, 0.4) is 0 Å². The van der Waals surface area contributed by atoms with Crippen molar-refractivity contribution in [2.24, 2.45) is 5.92 Å². The van der Waals surface area contributed by atoms with Gasteiger partial charge in [-0.15, -0.1) is 0 Å². The number of nitro benzene ring substituents is 2. The Labute approximate surface area is 251 Å². The molecule has 13 heteroatoms. The number of nitrogens with zero attached hydrogens (tertiary/aromatic N) is 5. The van der Waals surface area contributed by atoms with E-state index in [1.807, 2.05) is 48.5 Å². The third kappa shape index (κ3) is 4.63. The second-order valence-electron chi connectivity index (χ2n) is 11.2. The van der Waals surface area contributed by atoms with E-state index in [9.17, 15) is 30.4 Å². The highest BCUT2D eigenvalue weighted by atomic mass is 16.6. The summed E-state index contributed by atoms with van der Waals surface area (Å²) in [6, 6.07) is 23.4. The molecule has 8 rings (SSSR count). The Bertz CT molecular complexity index is 1620. The van der Waals surface area contributed by atoms with Gasteiger partial charge in [-0.25, -0.2) is 0 Å². The maximum absolute atomic E-state index is 11.0. The summed E-state index contributed by atoms with van der Waals surface area (Å²) in [6.45, 7) is 4.45. The number of hydrogen-bond donors (Lipinski definition) is 2. The summed E-state index contributed by atoms with van der Waals surface area (Å²) in [5.74, 6) is 0.963. The van der Waals surface area contributed by atoms with Crippen LogP contribution in [0.4, 0.5) is 11.4 Å². The molecule has 2 atom stereocenters. The molecule has 0 amide bonds. The fourth-order valence-electron chi connectivity index (χ4n) is 6.83. The Kier molecular flexibility index (Phi) is 6.57. The van der Waals surface area contributed by atoms with Crippen LogP contribution in [0.2, 0.25) is 0 Å². The summed E-state index contributed by atoms with van der Waals surface area (Å²) < 4.78 is 11.8. The average Bonchev–Trinajstić information content (AvgIpc) is 2.98. The predicted octanol–water partition coefficient (Wildman–Crippen LogP) is 5.18. The molecule has 4 aliphatic rings. The van der Waals surface area contributed by atoms with Crippen molar-refractivity contribution in [3.63, 3.8) is 0 Å². The molecular formula is C31H27N5O8. The van der Waals surface area contributed by atoms with Gasteiger partial charge in [-0.05, 0) is 47.5 Å². The second-order valence-corrected chi connectivity index (χ2v) is 11.2. The zero-order chi connectivity index (χ0) is 30.6. The largest absolute Gasteiger partial charge is 0.502 e. The van der Waals surface area contributed by atoms with Gasteiger partial charge in [-0.1, -0.05) is 24.3 Å². The smallest absolute Gasteiger partial charge is 0.310 e. The van der Waals surface area contributed by atoms with Crippen molar-refractivity contribution in [1.29, 1.82) is 0 Å². The SMILES string of the molecule is O=[N+]([O-])c1ccc(Oc2ccc(C3(c4ccc(Oc5ccc([N+](=O)[O-])c(O)c5)cc4)C4CN5CN(C4)CN3C5)cc2)cc1O. The highest BCUT2D eigenvalue weighted by molar-refractivity contribution is 5.52. The summed E-state index contributed by atoms with van der Waals surface area (Å²) in [7, 11) is 0. The van der Waals surface area contributed by atoms with Crippen LogP contribution in [0.1, 0.15) is 11.1 Å². The van der Waals surface area contributed by atoms with Crippen LogP contribution in [-0.2, 0) is 5.54 Å². The molecule has 13 nitrogen and oxygen atoms in total. The number of phenols is 2. The first-order valence-corrected chi connectivity index (χ1v) is 13.9. The van der Waals surface area contributed by atoms with Crippen molar-refractivity contribution in [2.75, 3.05) is 33.1 Å². The molecule has 4 saturated heterocycles. The molecular weight excluding hydrogens is 570 g/mol. The van der Waals surface area contributed by atoms with E-state index < -0.39 is 26.9 Å². The van der Waals surface area contributed by atoms with Gasteiger partial charge in [0, 0.05) is 43.3 Å². The van der Waals surface area contributed by atoms with Crippen molar-refractivity contribution in [3.05, 3.63) is 116 Å². The van der Waals surface area contributed by atoms with Gasteiger partial charge < -0.3 is 19.7 Å². The Morgan fingerprint density at radius 3 is 1.41 bits per heavy atom. The maximum atomic E-state index is 11.0. The number of rotatable bonds is 8. The molecule has 0 spiro atoms. The van der Waals surface area contributed by atoms with E-state index in [-0.39, 0.29) is 28.8 Å². The van der Waals surface area contributed by atoms with E-state index in [4.69, 9.17) is 9.47 Å². The molecule has 4 aromatic carbocycles. The molecule has 2 N–H and O–H groups in total. The zero-order valence-corrected chi connectivity index (χ0v) is 23.3. The lowest BCUT2D eigenvalue weighted by atomic mass is 9.68. The van der Waals surface area contributed by atoms with Crippen molar-refractivity contribution in [3.8, 4) is 34.5 Å². The van der Waals surface area contributed by atoms with Gasteiger partial charge in [0.05, 0.1) is 35.4 Å². The van der Waals surface area contributed by atoms with E-state index in [1.165, 1.54) is 36.4 Å². The molecule has 4 bridgehead atoms. The van der Waals surface area contributed by atoms with Crippen LogP contribution in [0.25, 0.3) is 0 Å². The summed E-state index contributed by atoms with van der Waals surface area (Å²) >= 11 is 0. The van der Waals surface area contributed by atoms with Gasteiger partial charge in [-0.3, -0.25) is 34.9 Å². The van der Waals surface area contributed by atoms with E-state index in [0.29, 0.717) is 11.5 Å². The Hall–Kier alpha value is -5.24. The van der Waals surface area contributed by atoms with Crippen LogP contribution < -0.4 is 9.47 Å². The van der Waals surface area contributed by atoms with Gasteiger partial charge in [0.2, 0.25) is 0 Å². The van der Waals surface area contributed by atoms with E-state index in [0.717, 1.165) is 44.2 Å². The van der Waals surface area contributed by atoms with Crippen molar-refractivity contribution >= 4 is 11.4 Å².